The summed E-state index contributed by atoms with van der Waals surface area (Å²) in [4.78, 5) is 15.2. The van der Waals surface area contributed by atoms with Crippen LogP contribution in [0.4, 0.5) is 17.8 Å². The van der Waals surface area contributed by atoms with Crippen molar-refractivity contribution in [3.05, 3.63) is 0 Å². The molecule has 1 atom stereocenters. The maximum absolute atomic E-state index is 5.43. The Hall–Kier alpha value is -1.67. The molecule has 4 N–H and O–H groups in total. The topological polar surface area (TPSA) is 101 Å². The van der Waals surface area contributed by atoms with E-state index >= 15 is 0 Å². The second-order valence-electron chi connectivity index (χ2n) is 4.98. The van der Waals surface area contributed by atoms with Crippen molar-refractivity contribution in [3.8, 4) is 0 Å². The SMILES string of the molecule is COCC(C)Nc1nc(NN)nc(N2CCCCC2)n1. The number of rotatable bonds is 6. The van der Waals surface area contributed by atoms with E-state index in [0.29, 0.717) is 24.5 Å². The van der Waals surface area contributed by atoms with Crippen LogP contribution in [0.25, 0.3) is 0 Å². The van der Waals surface area contributed by atoms with Gasteiger partial charge in [-0.15, -0.1) is 0 Å². The number of nitrogens with two attached hydrogens (primary N) is 1. The number of nitrogen functional groups attached to an aromatic ring is 1. The summed E-state index contributed by atoms with van der Waals surface area (Å²) in [6.07, 6.45) is 3.60. The van der Waals surface area contributed by atoms with Crippen molar-refractivity contribution in [2.45, 2.75) is 32.2 Å². The molecule has 0 amide bonds. The number of nitrogens with zero attached hydrogens (tertiary/aromatic N) is 4. The molecule has 0 spiro atoms. The minimum atomic E-state index is 0.113. The van der Waals surface area contributed by atoms with Gasteiger partial charge < -0.3 is 15.0 Å². The van der Waals surface area contributed by atoms with Crippen LogP contribution in [0.1, 0.15) is 26.2 Å². The molecule has 1 aliphatic heterocycles. The van der Waals surface area contributed by atoms with Crippen LogP contribution in [-0.2, 0) is 4.74 Å². The van der Waals surface area contributed by atoms with Gasteiger partial charge in [-0.25, -0.2) is 5.84 Å². The van der Waals surface area contributed by atoms with Crippen molar-refractivity contribution < 1.29 is 4.74 Å². The van der Waals surface area contributed by atoms with Crippen molar-refractivity contribution in [1.82, 2.24) is 15.0 Å². The zero-order valence-electron chi connectivity index (χ0n) is 12.1. The average Bonchev–Trinajstić information content (AvgIpc) is 2.48. The summed E-state index contributed by atoms with van der Waals surface area (Å²) in [7, 11) is 1.66. The van der Waals surface area contributed by atoms with E-state index < -0.39 is 0 Å². The fourth-order valence-electron chi connectivity index (χ4n) is 2.24. The minimum absolute atomic E-state index is 0.113. The molecule has 20 heavy (non-hydrogen) atoms. The van der Waals surface area contributed by atoms with E-state index in [4.69, 9.17) is 10.6 Å². The Morgan fingerprint density at radius 2 is 1.90 bits per heavy atom. The molecule has 0 saturated carbocycles. The van der Waals surface area contributed by atoms with Gasteiger partial charge in [0.25, 0.3) is 0 Å². The first-order valence-corrected chi connectivity index (χ1v) is 6.96. The largest absolute Gasteiger partial charge is 0.383 e. The van der Waals surface area contributed by atoms with Crippen molar-refractivity contribution >= 4 is 17.8 Å². The Kier molecular flexibility index (Phi) is 5.31. The molecule has 2 heterocycles. The van der Waals surface area contributed by atoms with Gasteiger partial charge in [0.1, 0.15) is 0 Å². The lowest BCUT2D eigenvalue weighted by Crippen LogP contribution is -2.32. The van der Waals surface area contributed by atoms with E-state index in [0.717, 1.165) is 13.1 Å². The fourth-order valence-corrected chi connectivity index (χ4v) is 2.24. The molecule has 0 radical (unpaired) electrons. The van der Waals surface area contributed by atoms with E-state index in [-0.39, 0.29) is 6.04 Å². The first-order valence-electron chi connectivity index (χ1n) is 6.96. The van der Waals surface area contributed by atoms with Gasteiger partial charge in [-0.2, -0.15) is 15.0 Å². The molecule has 8 nitrogen and oxygen atoms in total. The number of aromatic nitrogens is 3. The Morgan fingerprint density at radius 1 is 1.20 bits per heavy atom. The molecule has 1 saturated heterocycles. The maximum atomic E-state index is 5.43. The normalized spacial score (nSPS) is 16.9. The van der Waals surface area contributed by atoms with Crippen LogP contribution < -0.4 is 21.5 Å². The van der Waals surface area contributed by atoms with Crippen LogP contribution in [0.5, 0.6) is 0 Å². The van der Waals surface area contributed by atoms with Crippen molar-refractivity contribution in [3.63, 3.8) is 0 Å². The van der Waals surface area contributed by atoms with E-state index in [1.807, 2.05) is 6.92 Å². The Balaban J connectivity index is 2.14. The van der Waals surface area contributed by atoms with Crippen LogP contribution in [-0.4, -0.2) is 47.8 Å². The molecule has 0 aromatic carbocycles. The Morgan fingerprint density at radius 3 is 2.55 bits per heavy atom. The number of anilines is 3. The highest BCUT2D eigenvalue weighted by Gasteiger charge is 2.16. The lowest BCUT2D eigenvalue weighted by atomic mass is 10.1. The molecule has 1 aromatic rings. The van der Waals surface area contributed by atoms with Crippen LogP contribution in [0.15, 0.2) is 0 Å². The number of hydrogen-bond acceptors (Lipinski definition) is 8. The first-order chi connectivity index (χ1) is 9.72. The van der Waals surface area contributed by atoms with Crippen LogP contribution in [0, 0.1) is 0 Å². The monoisotopic (exact) mass is 281 g/mol. The van der Waals surface area contributed by atoms with Crippen molar-refractivity contribution in [2.75, 3.05) is 42.4 Å². The number of methoxy groups -OCH3 is 1. The number of ether oxygens (including phenoxy) is 1. The molecule has 1 unspecified atom stereocenters. The smallest absolute Gasteiger partial charge is 0.243 e. The summed E-state index contributed by atoms with van der Waals surface area (Å²) in [5.74, 6) is 6.98. The summed E-state index contributed by atoms with van der Waals surface area (Å²) >= 11 is 0. The average molecular weight is 281 g/mol. The minimum Gasteiger partial charge on any atom is -0.383 e. The molecule has 0 aliphatic carbocycles. The molecular formula is C12H23N7O. The lowest BCUT2D eigenvalue weighted by molar-refractivity contribution is 0.190. The molecule has 8 heteroatoms. The summed E-state index contributed by atoms with van der Waals surface area (Å²) in [6.45, 7) is 4.53. The molecule has 1 aromatic heterocycles. The molecule has 0 bridgehead atoms. The molecule has 1 fully saturated rings. The second kappa shape index (κ2) is 7.20. The highest BCUT2D eigenvalue weighted by Crippen LogP contribution is 2.18. The van der Waals surface area contributed by atoms with Crippen LogP contribution in [0.2, 0.25) is 0 Å². The quantitative estimate of drug-likeness (QED) is 0.514. The van der Waals surface area contributed by atoms with Crippen LogP contribution in [0.3, 0.4) is 0 Å². The van der Waals surface area contributed by atoms with Gasteiger partial charge in [0, 0.05) is 26.2 Å². The van der Waals surface area contributed by atoms with Gasteiger partial charge in [0.05, 0.1) is 6.61 Å². The van der Waals surface area contributed by atoms with Crippen molar-refractivity contribution in [1.29, 1.82) is 0 Å². The highest BCUT2D eigenvalue weighted by atomic mass is 16.5. The van der Waals surface area contributed by atoms with Gasteiger partial charge in [0.2, 0.25) is 17.8 Å². The van der Waals surface area contributed by atoms with E-state index in [1.165, 1.54) is 19.3 Å². The zero-order valence-corrected chi connectivity index (χ0v) is 12.1. The first kappa shape index (κ1) is 14.7. The Labute approximate surface area is 119 Å². The maximum Gasteiger partial charge on any atom is 0.243 e. The lowest BCUT2D eigenvalue weighted by Gasteiger charge is -2.27. The fraction of sp³-hybridized carbons (Fsp3) is 0.750. The van der Waals surface area contributed by atoms with Gasteiger partial charge in [-0.1, -0.05) is 0 Å². The molecule has 112 valence electrons. The standard InChI is InChI=1S/C12H23N7O/c1-9(8-20-2)14-10-15-11(18-13)17-12(16-10)19-6-4-3-5-7-19/h9H,3-8,13H2,1-2H3,(H2,14,15,16,17,18). The van der Waals surface area contributed by atoms with E-state index in [9.17, 15) is 0 Å². The van der Waals surface area contributed by atoms with Gasteiger partial charge in [-0.05, 0) is 26.2 Å². The number of piperidine rings is 1. The van der Waals surface area contributed by atoms with E-state index in [1.54, 1.807) is 7.11 Å². The van der Waals surface area contributed by atoms with Gasteiger partial charge >= 0.3 is 0 Å². The molecule has 1 aliphatic rings. The van der Waals surface area contributed by atoms with Gasteiger partial charge in [0.15, 0.2) is 0 Å². The summed E-state index contributed by atoms with van der Waals surface area (Å²) in [6, 6.07) is 0.113. The zero-order chi connectivity index (χ0) is 14.4. The number of nitrogens with one attached hydrogen (secondary N) is 2. The summed E-state index contributed by atoms with van der Waals surface area (Å²) in [5.41, 5.74) is 2.49. The predicted octanol–water partition coefficient (Wildman–Crippen LogP) is 0.594. The third-order valence-corrected chi connectivity index (χ3v) is 3.18. The highest BCUT2D eigenvalue weighted by molar-refractivity contribution is 5.43. The van der Waals surface area contributed by atoms with Crippen molar-refractivity contribution in [2.24, 2.45) is 5.84 Å². The number of hydrazine groups is 1. The number of hydrogen-bond donors (Lipinski definition) is 3. The summed E-state index contributed by atoms with van der Waals surface area (Å²) in [5, 5.41) is 3.19. The second-order valence-corrected chi connectivity index (χ2v) is 4.98. The molecular weight excluding hydrogens is 258 g/mol. The van der Waals surface area contributed by atoms with Gasteiger partial charge in [-0.3, -0.25) is 5.43 Å². The molecule has 2 rings (SSSR count). The predicted molar refractivity (Wildman–Crippen MR) is 78.7 cm³/mol. The Bertz CT molecular complexity index is 422. The third kappa shape index (κ3) is 3.91. The van der Waals surface area contributed by atoms with Crippen LogP contribution >= 0.6 is 0 Å². The third-order valence-electron chi connectivity index (χ3n) is 3.18. The van der Waals surface area contributed by atoms with E-state index in [2.05, 4.69) is 30.6 Å². The summed E-state index contributed by atoms with van der Waals surface area (Å²) < 4.78 is 5.09.